The Kier molecular flexibility index (Phi) is 3.41. The second-order valence-corrected chi connectivity index (χ2v) is 5.66. The SMILES string of the molecule is CC(C)(C)OC(=O)N1c2c(F)cccc2CC1C(=O)O. The van der Waals surface area contributed by atoms with Gasteiger partial charge in [-0.15, -0.1) is 0 Å². The fourth-order valence-electron chi connectivity index (χ4n) is 2.18. The molecule has 0 bridgehead atoms. The lowest BCUT2D eigenvalue weighted by Gasteiger charge is -2.27. The van der Waals surface area contributed by atoms with Gasteiger partial charge in [-0.1, -0.05) is 12.1 Å². The Hall–Kier alpha value is -2.11. The van der Waals surface area contributed by atoms with E-state index in [1.807, 2.05) is 0 Å². The van der Waals surface area contributed by atoms with Gasteiger partial charge in [-0.3, -0.25) is 4.90 Å². The Labute approximate surface area is 116 Å². The van der Waals surface area contributed by atoms with Crippen LogP contribution in [0.5, 0.6) is 0 Å². The summed E-state index contributed by atoms with van der Waals surface area (Å²) in [5.74, 6) is -1.82. The van der Waals surface area contributed by atoms with Gasteiger partial charge in [0.2, 0.25) is 0 Å². The molecule has 0 saturated heterocycles. The maximum atomic E-state index is 13.9. The Balaban J connectivity index is 2.42. The van der Waals surface area contributed by atoms with Crippen LogP contribution in [0.1, 0.15) is 26.3 Å². The number of carbonyl (C=O) groups is 2. The van der Waals surface area contributed by atoms with Crippen molar-refractivity contribution in [3.05, 3.63) is 29.6 Å². The highest BCUT2D eigenvalue weighted by Gasteiger charge is 2.42. The third-order valence-corrected chi connectivity index (χ3v) is 2.91. The van der Waals surface area contributed by atoms with E-state index in [4.69, 9.17) is 4.74 Å². The first kappa shape index (κ1) is 14.3. The van der Waals surface area contributed by atoms with Crippen molar-refractivity contribution in [1.82, 2.24) is 0 Å². The molecule has 0 aliphatic carbocycles. The maximum absolute atomic E-state index is 13.9. The van der Waals surface area contributed by atoms with Gasteiger partial charge < -0.3 is 9.84 Å². The van der Waals surface area contributed by atoms with E-state index in [1.165, 1.54) is 12.1 Å². The van der Waals surface area contributed by atoms with Gasteiger partial charge in [0.15, 0.2) is 0 Å². The summed E-state index contributed by atoms with van der Waals surface area (Å²) in [4.78, 5) is 24.3. The first-order chi connectivity index (χ1) is 9.20. The largest absolute Gasteiger partial charge is 0.480 e. The summed E-state index contributed by atoms with van der Waals surface area (Å²) in [6, 6.07) is 3.15. The average Bonchev–Trinajstić information content (AvgIpc) is 2.67. The standard InChI is InChI=1S/C14H16FNO4/c1-14(2,3)20-13(19)16-10(12(17)18)7-8-5-4-6-9(15)11(8)16/h4-6,10H,7H2,1-3H3,(H,17,18). The lowest BCUT2D eigenvalue weighted by molar-refractivity contribution is -0.138. The van der Waals surface area contributed by atoms with E-state index in [0.717, 1.165) is 4.90 Å². The summed E-state index contributed by atoms with van der Waals surface area (Å²) in [5.41, 5.74) is -0.300. The molecule has 108 valence electrons. The monoisotopic (exact) mass is 281 g/mol. The smallest absolute Gasteiger partial charge is 0.415 e. The predicted molar refractivity (Wildman–Crippen MR) is 70.2 cm³/mol. The van der Waals surface area contributed by atoms with Crippen LogP contribution in [0.15, 0.2) is 18.2 Å². The van der Waals surface area contributed by atoms with E-state index >= 15 is 0 Å². The molecule has 1 aliphatic heterocycles. The van der Waals surface area contributed by atoms with Crippen LogP contribution in [0.25, 0.3) is 0 Å². The van der Waals surface area contributed by atoms with Gasteiger partial charge in [-0.05, 0) is 32.4 Å². The van der Waals surface area contributed by atoms with Gasteiger partial charge in [0.05, 0.1) is 5.69 Å². The zero-order valence-electron chi connectivity index (χ0n) is 11.5. The number of fused-ring (bicyclic) bond motifs is 1. The molecule has 1 atom stereocenters. The molecule has 0 spiro atoms. The molecule has 0 fully saturated rings. The van der Waals surface area contributed by atoms with Gasteiger partial charge in [0.1, 0.15) is 17.5 Å². The average molecular weight is 281 g/mol. The van der Waals surface area contributed by atoms with E-state index in [2.05, 4.69) is 0 Å². The molecule has 1 aromatic carbocycles. The highest BCUT2D eigenvalue weighted by atomic mass is 19.1. The minimum atomic E-state index is -1.19. The Morgan fingerprint density at radius 2 is 2.05 bits per heavy atom. The summed E-state index contributed by atoms with van der Waals surface area (Å²) < 4.78 is 19.1. The number of rotatable bonds is 1. The van der Waals surface area contributed by atoms with Crippen LogP contribution >= 0.6 is 0 Å². The maximum Gasteiger partial charge on any atom is 0.415 e. The molecule has 1 aliphatic rings. The van der Waals surface area contributed by atoms with E-state index < -0.39 is 29.5 Å². The second kappa shape index (κ2) is 4.77. The third-order valence-electron chi connectivity index (χ3n) is 2.91. The molecule has 0 radical (unpaired) electrons. The van der Waals surface area contributed by atoms with E-state index in [0.29, 0.717) is 5.56 Å². The first-order valence-electron chi connectivity index (χ1n) is 6.23. The lowest BCUT2D eigenvalue weighted by Crippen LogP contribution is -2.45. The number of carboxylic acid groups (broad SMARTS) is 1. The van der Waals surface area contributed by atoms with E-state index in [-0.39, 0.29) is 12.1 Å². The van der Waals surface area contributed by atoms with Crippen LogP contribution in [-0.2, 0) is 16.0 Å². The minimum absolute atomic E-state index is 0.00542. The quantitative estimate of drug-likeness (QED) is 0.859. The fraction of sp³-hybridized carbons (Fsp3) is 0.429. The summed E-state index contributed by atoms with van der Waals surface area (Å²) in [6.45, 7) is 5.00. The van der Waals surface area contributed by atoms with E-state index in [1.54, 1.807) is 26.8 Å². The molecule has 0 saturated carbocycles. The van der Waals surface area contributed by atoms with Crippen molar-refractivity contribution in [3.8, 4) is 0 Å². The summed E-state index contributed by atoms with van der Waals surface area (Å²) in [6.07, 6.45) is -0.782. The van der Waals surface area contributed by atoms with Crippen molar-refractivity contribution in [2.75, 3.05) is 4.90 Å². The van der Waals surface area contributed by atoms with Gasteiger partial charge >= 0.3 is 12.1 Å². The molecule has 0 aromatic heterocycles. The zero-order valence-corrected chi connectivity index (χ0v) is 11.5. The number of amides is 1. The second-order valence-electron chi connectivity index (χ2n) is 5.66. The number of hydrogen-bond donors (Lipinski definition) is 1. The number of carboxylic acids is 1. The van der Waals surface area contributed by atoms with Crippen molar-refractivity contribution < 1.29 is 23.8 Å². The summed E-state index contributed by atoms with van der Waals surface area (Å²) >= 11 is 0. The lowest BCUT2D eigenvalue weighted by atomic mass is 10.1. The number of carbonyl (C=O) groups excluding carboxylic acids is 1. The topological polar surface area (TPSA) is 66.8 Å². The Morgan fingerprint density at radius 1 is 1.40 bits per heavy atom. The minimum Gasteiger partial charge on any atom is -0.480 e. The van der Waals surface area contributed by atoms with E-state index in [9.17, 15) is 19.1 Å². The molecule has 1 amide bonds. The summed E-state index contributed by atoms with van der Waals surface area (Å²) in [7, 11) is 0. The van der Waals surface area contributed by atoms with Gasteiger partial charge in [-0.25, -0.2) is 14.0 Å². The van der Waals surface area contributed by atoms with Crippen molar-refractivity contribution >= 4 is 17.7 Å². The van der Waals surface area contributed by atoms with Crippen molar-refractivity contribution in [1.29, 1.82) is 0 Å². The van der Waals surface area contributed by atoms with Crippen LogP contribution < -0.4 is 4.90 Å². The number of anilines is 1. The highest BCUT2D eigenvalue weighted by Crippen LogP contribution is 2.35. The van der Waals surface area contributed by atoms with Crippen LogP contribution in [0, 0.1) is 5.82 Å². The van der Waals surface area contributed by atoms with Gasteiger partial charge in [0, 0.05) is 6.42 Å². The highest BCUT2D eigenvalue weighted by molar-refractivity contribution is 5.98. The number of para-hydroxylation sites is 1. The molecule has 1 N–H and O–H groups in total. The molecule has 6 heteroatoms. The van der Waals surface area contributed by atoms with Crippen LogP contribution in [0.4, 0.5) is 14.9 Å². The zero-order chi connectivity index (χ0) is 15.1. The molecule has 2 rings (SSSR count). The molecule has 5 nitrogen and oxygen atoms in total. The van der Waals surface area contributed by atoms with Crippen molar-refractivity contribution in [3.63, 3.8) is 0 Å². The normalized spacial score (nSPS) is 17.8. The van der Waals surface area contributed by atoms with Crippen LogP contribution in [0.2, 0.25) is 0 Å². The number of halogens is 1. The van der Waals surface area contributed by atoms with Gasteiger partial charge in [0.25, 0.3) is 0 Å². The Bertz CT molecular complexity index is 565. The molecule has 20 heavy (non-hydrogen) atoms. The fourth-order valence-corrected chi connectivity index (χ4v) is 2.18. The molecule has 1 unspecified atom stereocenters. The van der Waals surface area contributed by atoms with Crippen molar-refractivity contribution in [2.45, 2.75) is 38.8 Å². The number of hydrogen-bond acceptors (Lipinski definition) is 3. The number of nitrogens with zero attached hydrogens (tertiary/aromatic N) is 1. The molecular weight excluding hydrogens is 265 g/mol. The first-order valence-corrected chi connectivity index (χ1v) is 6.23. The summed E-state index contributed by atoms with van der Waals surface area (Å²) in [5, 5.41) is 9.22. The van der Waals surface area contributed by atoms with Crippen LogP contribution in [-0.4, -0.2) is 28.8 Å². The number of benzene rings is 1. The number of aliphatic carboxylic acids is 1. The number of ether oxygens (including phenoxy) is 1. The third kappa shape index (κ3) is 2.59. The molecule has 1 aromatic rings. The predicted octanol–water partition coefficient (Wildman–Crippen LogP) is 2.58. The Morgan fingerprint density at radius 3 is 2.60 bits per heavy atom. The molecule has 1 heterocycles. The molecular formula is C14H16FNO4. The van der Waals surface area contributed by atoms with Crippen LogP contribution in [0.3, 0.4) is 0 Å². The van der Waals surface area contributed by atoms with Gasteiger partial charge in [-0.2, -0.15) is 0 Å². The van der Waals surface area contributed by atoms with Crippen molar-refractivity contribution in [2.24, 2.45) is 0 Å².